The van der Waals surface area contributed by atoms with Crippen LogP contribution in [0, 0.1) is 5.41 Å². The molecule has 0 spiro atoms. The Morgan fingerprint density at radius 1 is 0.600 bits per heavy atom. The molecule has 190 valence electrons. The van der Waals surface area contributed by atoms with Crippen LogP contribution >= 0.6 is 11.3 Å². The van der Waals surface area contributed by atoms with Crippen molar-refractivity contribution in [3.8, 4) is 11.1 Å². The molecule has 0 saturated carbocycles. The third kappa shape index (κ3) is 4.08. The average molecular weight is 531 g/mol. The highest BCUT2D eigenvalue weighted by Gasteiger charge is 2.21. The van der Waals surface area contributed by atoms with Crippen LogP contribution in [0.1, 0.15) is 10.4 Å². The van der Waals surface area contributed by atoms with Crippen LogP contribution in [0.15, 0.2) is 140 Å². The van der Waals surface area contributed by atoms with Crippen molar-refractivity contribution in [1.82, 2.24) is 0 Å². The Balaban J connectivity index is 1.42. The molecule has 1 N–H and O–H groups in total. The summed E-state index contributed by atoms with van der Waals surface area (Å²) >= 11 is 1.69. The van der Waals surface area contributed by atoms with Crippen LogP contribution in [-0.2, 0) is 0 Å². The Morgan fingerprint density at radius 2 is 1.20 bits per heavy atom. The zero-order valence-corrected chi connectivity index (χ0v) is 22.7. The summed E-state index contributed by atoms with van der Waals surface area (Å²) in [5.74, 6) is 0. The predicted molar refractivity (Wildman–Crippen MR) is 174 cm³/mol. The van der Waals surface area contributed by atoms with Crippen molar-refractivity contribution in [1.29, 1.82) is 5.41 Å². The highest BCUT2D eigenvalue weighted by Crippen LogP contribution is 2.42. The highest BCUT2D eigenvalue weighted by atomic mass is 32.1. The summed E-state index contributed by atoms with van der Waals surface area (Å²) < 4.78 is 1.15. The molecule has 0 amide bonds. The van der Waals surface area contributed by atoms with Crippen LogP contribution in [0.3, 0.4) is 0 Å². The second-order valence-corrected chi connectivity index (χ2v) is 10.9. The van der Waals surface area contributed by atoms with E-state index in [0.717, 1.165) is 37.6 Å². The van der Waals surface area contributed by atoms with Crippen LogP contribution in [-0.4, -0.2) is 6.21 Å². The first-order valence-corrected chi connectivity index (χ1v) is 14.1. The first kappa shape index (κ1) is 24.1. The van der Waals surface area contributed by atoms with Crippen molar-refractivity contribution in [3.05, 3.63) is 150 Å². The van der Waals surface area contributed by atoms with E-state index in [1.165, 1.54) is 38.9 Å². The molecule has 0 atom stereocenters. The predicted octanol–water partition coefficient (Wildman–Crippen LogP) is 10.7. The molecule has 1 heterocycles. The zero-order valence-electron chi connectivity index (χ0n) is 21.8. The SMILES string of the molecule is C=C(c1sc2ccccc2c1C=N)N(c1ccc(-c2ccccc2)cc1)c1ccc2ccc3ccccc3c2c1. The van der Waals surface area contributed by atoms with Gasteiger partial charge in [0.15, 0.2) is 0 Å². The smallest absolute Gasteiger partial charge is 0.0605 e. The Labute approximate surface area is 237 Å². The maximum absolute atomic E-state index is 8.27. The summed E-state index contributed by atoms with van der Waals surface area (Å²) in [6, 6.07) is 46.9. The van der Waals surface area contributed by atoms with Crippen molar-refractivity contribution in [2.24, 2.45) is 0 Å². The third-order valence-corrected chi connectivity index (χ3v) is 8.77. The molecule has 7 rings (SSSR count). The Hall–Kier alpha value is -4.99. The summed E-state index contributed by atoms with van der Waals surface area (Å²) in [6.07, 6.45) is 1.46. The number of nitrogens with zero attached hydrogens (tertiary/aromatic N) is 1. The number of hydrogen-bond donors (Lipinski definition) is 1. The van der Waals surface area contributed by atoms with E-state index in [-0.39, 0.29) is 0 Å². The van der Waals surface area contributed by atoms with E-state index < -0.39 is 0 Å². The third-order valence-electron chi connectivity index (χ3n) is 7.53. The van der Waals surface area contributed by atoms with Gasteiger partial charge in [-0.1, -0.05) is 110 Å². The van der Waals surface area contributed by atoms with Gasteiger partial charge in [-0.2, -0.15) is 0 Å². The molecule has 6 aromatic carbocycles. The van der Waals surface area contributed by atoms with Gasteiger partial charge in [0.05, 0.1) is 10.6 Å². The van der Waals surface area contributed by atoms with E-state index in [9.17, 15) is 0 Å². The van der Waals surface area contributed by atoms with Gasteiger partial charge in [-0.25, -0.2) is 0 Å². The Kier molecular flexibility index (Phi) is 5.99. The van der Waals surface area contributed by atoms with E-state index in [4.69, 9.17) is 5.41 Å². The molecule has 3 heteroatoms. The fraction of sp³-hybridized carbons (Fsp3) is 0. The van der Waals surface area contributed by atoms with Crippen LogP contribution in [0.4, 0.5) is 11.4 Å². The van der Waals surface area contributed by atoms with Crippen molar-refractivity contribution >= 4 is 66.3 Å². The minimum absolute atomic E-state index is 0.853. The van der Waals surface area contributed by atoms with Gasteiger partial charge in [-0.15, -0.1) is 11.3 Å². The number of fused-ring (bicyclic) bond motifs is 4. The van der Waals surface area contributed by atoms with Crippen LogP contribution in [0.2, 0.25) is 0 Å². The number of rotatable bonds is 6. The van der Waals surface area contributed by atoms with Crippen molar-refractivity contribution in [3.63, 3.8) is 0 Å². The Bertz CT molecular complexity index is 2040. The molecule has 0 unspecified atom stereocenters. The topological polar surface area (TPSA) is 27.1 Å². The summed E-state index contributed by atoms with van der Waals surface area (Å²) in [4.78, 5) is 3.23. The number of thiophene rings is 1. The number of hydrogen-bond acceptors (Lipinski definition) is 3. The molecule has 7 aromatic rings. The van der Waals surface area contributed by atoms with Crippen LogP contribution in [0.25, 0.3) is 48.5 Å². The van der Waals surface area contributed by atoms with Gasteiger partial charge >= 0.3 is 0 Å². The lowest BCUT2D eigenvalue weighted by atomic mass is 10.0. The second-order valence-electron chi connectivity index (χ2n) is 9.87. The minimum atomic E-state index is 0.853. The summed E-state index contributed by atoms with van der Waals surface area (Å²) in [7, 11) is 0. The highest BCUT2D eigenvalue weighted by molar-refractivity contribution is 7.20. The van der Waals surface area contributed by atoms with E-state index in [0.29, 0.717) is 0 Å². The van der Waals surface area contributed by atoms with E-state index >= 15 is 0 Å². The zero-order chi connectivity index (χ0) is 27.1. The molecule has 0 bridgehead atoms. The van der Waals surface area contributed by atoms with Gasteiger partial charge < -0.3 is 10.3 Å². The summed E-state index contributed by atoms with van der Waals surface area (Å²) in [5, 5.41) is 14.2. The normalized spacial score (nSPS) is 11.2. The molecule has 1 aromatic heterocycles. The first-order chi connectivity index (χ1) is 19.7. The van der Waals surface area contributed by atoms with Gasteiger partial charge in [0.25, 0.3) is 0 Å². The van der Waals surface area contributed by atoms with Gasteiger partial charge in [-0.3, -0.25) is 0 Å². The summed E-state index contributed by atoms with van der Waals surface area (Å²) in [6.45, 7) is 4.64. The minimum Gasteiger partial charge on any atom is -0.310 e. The Morgan fingerprint density at radius 3 is 1.98 bits per heavy atom. The van der Waals surface area contributed by atoms with Crippen molar-refractivity contribution in [2.45, 2.75) is 0 Å². The van der Waals surface area contributed by atoms with Gasteiger partial charge in [-0.05, 0) is 63.0 Å². The van der Waals surface area contributed by atoms with Gasteiger partial charge in [0.1, 0.15) is 0 Å². The van der Waals surface area contributed by atoms with Gasteiger partial charge in [0, 0.05) is 33.2 Å². The van der Waals surface area contributed by atoms with E-state index in [1.807, 2.05) is 18.2 Å². The molecule has 0 aliphatic heterocycles. The average Bonchev–Trinajstić information content (AvgIpc) is 3.41. The maximum atomic E-state index is 8.27. The molecule has 0 aliphatic carbocycles. The number of benzene rings is 6. The van der Waals surface area contributed by atoms with Gasteiger partial charge in [0.2, 0.25) is 0 Å². The molecule has 0 aliphatic rings. The molecular weight excluding hydrogens is 504 g/mol. The van der Waals surface area contributed by atoms with Crippen LogP contribution in [0.5, 0.6) is 0 Å². The standard InChI is InChI=1S/C37H26N2S/c1-25(37-35(24-38)33-13-7-8-14-36(33)40-37)39(30-20-17-27(18-21-30)26-9-3-2-4-10-26)31-22-19-29-16-15-28-11-5-6-12-32(28)34(29)23-31/h2-24,38H,1H2. The lowest BCUT2D eigenvalue weighted by Crippen LogP contribution is -2.15. The quantitative estimate of drug-likeness (QED) is 0.168. The van der Waals surface area contributed by atoms with E-state index in [2.05, 4.69) is 127 Å². The molecule has 0 saturated heterocycles. The monoisotopic (exact) mass is 530 g/mol. The largest absolute Gasteiger partial charge is 0.310 e. The first-order valence-electron chi connectivity index (χ1n) is 13.3. The van der Waals surface area contributed by atoms with E-state index in [1.54, 1.807) is 11.3 Å². The molecule has 40 heavy (non-hydrogen) atoms. The molecule has 0 fully saturated rings. The lowest BCUT2D eigenvalue weighted by molar-refractivity contribution is 1.32. The fourth-order valence-electron chi connectivity index (χ4n) is 5.55. The fourth-order valence-corrected chi connectivity index (χ4v) is 6.69. The van der Waals surface area contributed by atoms with Crippen LogP contribution < -0.4 is 4.90 Å². The number of nitrogens with one attached hydrogen (secondary N) is 1. The summed E-state index contributed by atoms with van der Waals surface area (Å²) in [5.41, 5.74) is 6.18. The molecule has 0 radical (unpaired) electrons. The molecule has 2 nitrogen and oxygen atoms in total. The molecular formula is C37H26N2S. The second kappa shape index (κ2) is 9.96. The van der Waals surface area contributed by atoms with Crippen molar-refractivity contribution in [2.75, 3.05) is 4.90 Å². The number of anilines is 2. The maximum Gasteiger partial charge on any atom is 0.0605 e. The lowest BCUT2D eigenvalue weighted by Gasteiger charge is -2.28. The van der Waals surface area contributed by atoms with Crippen molar-refractivity contribution < 1.29 is 0 Å².